The van der Waals surface area contributed by atoms with E-state index in [1.54, 1.807) is 91.0 Å². The third-order valence-corrected chi connectivity index (χ3v) is 5.44. The van der Waals surface area contributed by atoms with Gasteiger partial charge in [-0.3, -0.25) is 4.79 Å². The van der Waals surface area contributed by atoms with E-state index in [9.17, 15) is 19.2 Å². The molecule has 1 aliphatic heterocycles. The van der Waals surface area contributed by atoms with E-state index in [1.807, 2.05) is 0 Å². The zero-order valence-electron chi connectivity index (χ0n) is 19.9. The Morgan fingerprint density at radius 3 is 1.51 bits per heavy atom. The molecule has 1 heterocycles. The Bertz CT molecular complexity index is 1230. The van der Waals surface area contributed by atoms with Gasteiger partial charge in [-0.1, -0.05) is 54.6 Å². The van der Waals surface area contributed by atoms with Gasteiger partial charge in [0.25, 0.3) is 0 Å². The van der Waals surface area contributed by atoms with Crippen molar-refractivity contribution in [2.45, 2.75) is 31.5 Å². The van der Waals surface area contributed by atoms with Crippen LogP contribution in [0.4, 0.5) is 0 Å². The van der Waals surface area contributed by atoms with Crippen LogP contribution in [0.2, 0.25) is 0 Å². The van der Waals surface area contributed by atoms with E-state index in [2.05, 4.69) is 0 Å². The zero-order valence-corrected chi connectivity index (χ0v) is 19.9. The normalized spacial score (nSPS) is 20.5. The summed E-state index contributed by atoms with van der Waals surface area (Å²) in [5, 5.41) is 0. The summed E-state index contributed by atoms with van der Waals surface area (Å²) < 4.78 is 27.7. The number of carbonyl (C=O) groups excluding carboxylic acids is 4. The van der Waals surface area contributed by atoms with Crippen LogP contribution < -0.4 is 0 Å². The van der Waals surface area contributed by atoms with E-state index in [-0.39, 0.29) is 17.7 Å². The maximum atomic E-state index is 12.9. The van der Waals surface area contributed by atoms with Crippen LogP contribution in [0.15, 0.2) is 91.0 Å². The Hall–Kier alpha value is -4.50. The Kier molecular flexibility index (Phi) is 8.27. The summed E-state index contributed by atoms with van der Waals surface area (Å²) in [6.07, 6.45) is -5.09. The van der Waals surface area contributed by atoms with Crippen LogP contribution >= 0.6 is 0 Å². The second kappa shape index (κ2) is 12.0. The van der Waals surface area contributed by atoms with Crippen molar-refractivity contribution in [3.05, 3.63) is 108 Å². The van der Waals surface area contributed by atoms with Gasteiger partial charge in [-0.05, 0) is 36.4 Å². The van der Waals surface area contributed by atoms with Crippen molar-refractivity contribution in [1.82, 2.24) is 0 Å². The van der Waals surface area contributed by atoms with Crippen molar-refractivity contribution in [3.8, 4) is 0 Å². The lowest BCUT2D eigenvalue weighted by atomic mass is 10.1. The molecule has 190 valence electrons. The molecule has 1 aliphatic rings. The average molecular weight is 504 g/mol. The molecule has 0 N–H and O–H groups in total. The number of hydrogen-bond donors (Lipinski definition) is 0. The fourth-order valence-electron chi connectivity index (χ4n) is 3.70. The molecular formula is C28H24O9. The first-order valence-corrected chi connectivity index (χ1v) is 11.5. The molecule has 0 amide bonds. The largest absolute Gasteiger partial charge is 0.459 e. The first-order chi connectivity index (χ1) is 17.9. The first kappa shape index (κ1) is 25.6. The van der Waals surface area contributed by atoms with Crippen molar-refractivity contribution in [2.75, 3.05) is 6.61 Å². The number of esters is 4. The van der Waals surface area contributed by atoms with Crippen LogP contribution in [0, 0.1) is 0 Å². The minimum atomic E-state index is -1.40. The summed E-state index contributed by atoms with van der Waals surface area (Å²) in [6, 6.07) is 24.6. The summed E-state index contributed by atoms with van der Waals surface area (Å²) in [5.74, 6) is -2.81. The van der Waals surface area contributed by atoms with Crippen molar-refractivity contribution in [3.63, 3.8) is 0 Å². The fourth-order valence-corrected chi connectivity index (χ4v) is 3.70. The van der Waals surface area contributed by atoms with Gasteiger partial charge in [0.15, 0.2) is 6.10 Å². The standard InChI is InChI=1S/C28H24O9/c1-18(29)34-28-24(37-27(32)21-15-9-4-10-16-21)23(36-26(31)20-13-7-3-8-14-20)22(35-28)17-33-25(30)19-11-5-2-6-12-19/h2-16,22-24,28H,17H2,1H3/t22-,23-,24-,28+/m0/s1. The quantitative estimate of drug-likeness (QED) is 0.335. The Balaban J connectivity index is 1.58. The number of rotatable bonds is 8. The van der Waals surface area contributed by atoms with Gasteiger partial charge >= 0.3 is 23.9 Å². The average Bonchev–Trinajstić information content (AvgIpc) is 3.23. The van der Waals surface area contributed by atoms with E-state index in [1.165, 1.54) is 0 Å². The van der Waals surface area contributed by atoms with Crippen LogP contribution in [-0.4, -0.2) is 55.1 Å². The van der Waals surface area contributed by atoms with E-state index >= 15 is 0 Å². The maximum absolute atomic E-state index is 12.9. The van der Waals surface area contributed by atoms with Crippen molar-refractivity contribution in [2.24, 2.45) is 0 Å². The lowest BCUT2D eigenvalue weighted by molar-refractivity contribution is -0.187. The molecule has 3 aromatic carbocycles. The Morgan fingerprint density at radius 2 is 1.05 bits per heavy atom. The van der Waals surface area contributed by atoms with Gasteiger partial charge in [-0.2, -0.15) is 0 Å². The number of ether oxygens (including phenoxy) is 5. The van der Waals surface area contributed by atoms with Gasteiger partial charge in [0.1, 0.15) is 12.7 Å². The van der Waals surface area contributed by atoms with Gasteiger partial charge < -0.3 is 23.7 Å². The maximum Gasteiger partial charge on any atom is 0.338 e. The highest BCUT2D eigenvalue weighted by Gasteiger charge is 2.52. The fraction of sp³-hybridized carbons (Fsp3) is 0.214. The van der Waals surface area contributed by atoms with E-state index in [0.29, 0.717) is 5.56 Å². The van der Waals surface area contributed by atoms with Gasteiger partial charge in [0.05, 0.1) is 16.7 Å². The van der Waals surface area contributed by atoms with Crippen LogP contribution in [0.1, 0.15) is 38.0 Å². The summed E-state index contributed by atoms with van der Waals surface area (Å²) in [4.78, 5) is 50.0. The lowest BCUT2D eigenvalue weighted by Crippen LogP contribution is -2.42. The smallest absolute Gasteiger partial charge is 0.338 e. The molecule has 9 heteroatoms. The molecule has 0 unspecified atom stereocenters. The molecule has 0 bridgehead atoms. The minimum absolute atomic E-state index is 0.233. The highest BCUT2D eigenvalue weighted by atomic mass is 16.8. The van der Waals surface area contributed by atoms with Crippen LogP contribution in [0.25, 0.3) is 0 Å². The Labute approximate surface area is 212 Å². The second-order valence-electron chi connectivity index (χ2n) is 8.09. The molecular weight excluding hydrogens is 480 g/mol. The summed E-state index contributed by atoms with van der Waals surface area (Å²) in [5.41, 5.74) is 0.782. The number of hydrogen-bond acceptors (Lipinski definition) is 9. The van der Waals surface area contributed by atoms with Gasteiger partial charge in [0.2, 0.25) is 12.4 Å². The Morgan fingerprint density at radius 1 is 0.622 bits per heavy atom. The third kappa shape index (κ3) is 6.59. The van der Waals surface area contributed by atoms with Crippen molar-refractivity contribution >= 4 is 23.9 Å². The molecule has 37 heavy (non-hydrogen) atoms. The van der Waals surface area contributed by atoms with Crippen LogP contribution in [-0.2, 0) is 28.5 Å². The predicted molar refractivity (Wildman–Crippen MR) is 128 cm³/mol. The number of benzene rings is 3. The highest BCUT2D eigenvalue weighted by Crippen LogP contribution is 2.30. The van der Waals surface area contributed by atoms with E-state index < -0.39 is 48.5 Å². The van der Waals surface area contributed by atoms with Crippen molar-refractivity contribution in [1.29, 1.82) is 0 Å². The van der Waals surface area contributed by atoms with Crippen molar-refractivity contribution < 1.29 is 42.9 Å². The lowest BCUT2D eigenvalue weighted by Gasteiger charge is -2.24. The predicted octanol–water partition coefficient (Wildman–Crippen LogP) is 3.58. The van der Waals surface area contributed by atoms with Gasteiger partial charge in [-0.15, -0.1) is 0 Å². The SMILES string of the molecule is CC(=O)O[C@@H]1O[C@@H](COC(=O)c2ccccc2)[C@H](OC(=O)c2ccccc2)[C@@H]1OC(=O)c1ccccc1. The summed E-state index contributed by atoms with van der Waals surface area (Å²) in [7, 11) is 0. The second-order valence-corrected chi connectivity index (χ2v) is 8.09. The van der Waals surface area contributed by atoms with E-state index in [4.69, 9.17) is 23.7 Å². The molecule has 0 spiro atoms. The molecule has 0 aliphatic carbocycles. The molecule has 4 atom stereocenters. The van der Waals surface area contributed by atoms with E-state index in [0.717, 1.165) is 6.92 Å². The summed E-state index contributed by atoms with van der Waals surface area (Å²) >= 11 is 0. The molecule has 1 fully saturated rings. The van der Waals surface area contributed by atoms with Crippen LogP contribution in [0.5, 0.6) is 0 Å². The zero-order chi connectivity index (χ0) is 26.2. The first-order valence-electron chi connectivity index (χ1n) is 11.5. The summed E-state index contributed by atoms with van der Waals surface area (Å²) in [6.45, 7) is 0.796. The number of carbonyl (C=O) groups is 4. The highest BCUT2D eigenvalue weighted by molar-refractivity contribution is 5.91. The molecule has 1 saturated heterocycles. The van der Waals surface area contributed by atoms with Gasteiger partial charge in [-0.25, -0.2) is 14.4 Å². The topological polar surface area (TPSA) is 114 Å². The van der Waals surface area contributed by atoms with Gasteiger partial charge in [0, 0.05) is 6.92 Å². The van der Waals surface area contributed by atoms with Crippen LogP contribution in [0.3, 0.4) is 0 Å². The molecule has 3 aromatic rings. The molecule has 4 rings (SSSR count). The third-order valence-electron chi connectivity index (χ3n) is 5.44. The minimum Gasteiger partial charge on any atom is -0.459 e. The monoisotopic (exact) mass is 504 g/mol. The molecule has 0 aromatic heterocycles. The molecule has 0 saturated carbocycles. The molecule has 9 nitrogen and oxygen atoms in total. The molecule has 0 radical (unpaired) electrons.